The number of methoxy groups -OCH3 is 1. The van der Waals surface area contributed by atoms with Gasteiger partial charge in [0.25, 0.3) is 0 Å². The van der Waals surface area contributed by atoms with Gasteiger partial charge in [0.05, 0.1) is 13.2 Å². The van der Waals surface area contributed by atoms with E-state index in [1.54, 1.807) is 18.9 Å². The van der Waals surface area contributed by atoms with E-state index >= 15 is 0 Å². The number of thioether (sulfide) groups is 1. The number of guanidine groups is 1. The molecule has 0 rings (SSSR count). The van der Waals surface area contributed by atoms with Gasteiger partial charge in [-0.2, -0.15) is 11.8 Å². The average molecular weight is 220 g/mol. The molecular formula is C8H20N4OS. The summed E-state index contributed by atoms with van der Waals surface area (Å²) in [5.41, 5.74) is 2.52. The van der Waals surface area contributed by atoms with Crippen LogP contribution in [0, 0.1) is 0 Å². The van der Waals surface area contributed by atoms with Crippen molar-refractivity contribution in [3.63, 3.8) is 0 Å². The molecule has 0 radical (unpaired) electrons. The monoisotopic (exact) mass is 220 g/mol. The molecule has 0 amide bonds. The summed E-state index contributed by atoms with van der Waals surface area (Å²) in [6.07, 6.45) is 2.07. The molecule has 0 spiro atoms. The molecule has 84 valence electrons. The Morgan fingerprint density at radius 1 is 1.64 bits per heavy atom. The molecule has 0 fully saturated rings. The minimum Gasteiger partial charge on any atom is -0.383 e. The van der Waals surface area contributed by atoms with E-state index in [0.29, 0.717) is 25.2 Å². The van der Waals surface area contributed by atoms with Crippen LogP contribution in [0.5, 0.6) is 0 Å². The molecule has 1 unspecified atom stereocenters. The maximum absolute atomic E-state index is 5.31. The zero-order chi connectivity index (χ0) is 10.8. The van der Waals surface area contributed by atoms with Crippen LogP contribution in [-0.4, -0.2) is 44.3 Å². The molecule has 0 aromatic rings. The van der Waals surface area contributed by atoms with Crippen LogP contribution in [0.2, 0.25) is 0 Å². The molecule has 0 aromatic carbocycles. The Balaban J connectivity index is 3.81. The van der Waals surface area contributed by atoms with Gasteiger partial charge in [-0.25, -0.2) is 10.8 Å². The van der Waals surface area contributed by atoms with Gasteiger partial charge in [-0.05, 0) is 13.2 Å². The Morgan fingerprint density at radius 3 is 2.86 bits per heavy atom. The second kappa shape index (κ2) is 9.11. The first kappa shape index (κ1) is 13.5. The number of nitrogens with two attached hydrogens (primary N) is 1. The van der Waals surface area contributed by atoms with Crippen molar-refractivity contribution in [1.29, 1.82) is 0 Å². The molecule has 14 heavy (non-hydrogen) atoms. The van der Waals surface area contributed by atoms with Crippen molar-refractivity contribution in [2.24, 2.45) is 10.8 Å². The highest BCUT2D eigenvalue weighted by molar-refractivity contribution is 7.98. The fourth-order valence-electron chi connectivity index (χ4n) is 0.907. The van der Waals surface area contributed by atoms with Gasteiger partial charge in [0, 0.05) is 18.9 Å². The first-order chi connectivity index (χ1) is 6.74. The molecule has 0 saturated carbocycles. The van der Waals surface area contributed by atoms with Gasteiger partial charge in [0.15, 0.2) is 0 Å². The number of hydrogen-bond donors (Lipinski definition) is 3. The second-order valence-corrected chi connectivity index (χ2v) is 3.78. The fraction of sp³-hybridized carbons (Fsp3) is 0.875. The molecule has 4 N–H and O–H groups in total. The van der Waals surface area contributed by atoms with E-state index in [0.717, 1.165) is 5.75 Å². The summed E-state index contributed by atoms with van der Waals surface area (Å²) in [7, 11) is 1.65. The zero-order valence-electron chi connectivity index (χ0n) is 9.04. The lowest BCUT2D eigenvalue weighted by Crippen LogP contribution is -2.46. The summed E-state index contributed by atoms with van der Waals surface area (Å²) in [6.45, 7) is 3.29. The van der Waals surface area contributed by atoms with Crippen molar-refractivity contribution in [1.82, 2.24) is 10.7 Å². The van der Waals surface area contributed by atoms with Gasteiger partial charge in [0.2, 0.25) is 5.96 Å². The third kappa shape index (κ3) is 6.99. The number of nitrogens with zero attached hydrogens (tertiary/aromatic N) is 1. The SMILES string of the molecule is COCCN=C(NN)NC(C)CSC. The quantitative estimate of drug-likeness (QED) is 0.190. The van der Waals surface area contributed by atoms with Crippen LogP contribution in [0.25, 0.3) is 0 Å². The normalized spacial score (nSPS) is 13.9. The van der Waals surface area contributed by atoms with Crippen LogP contribution in [0.3, 0.4) is 0 Å². The lowest BCUT2D eigenvalue weighted by molar-refractivity contribution is 0.208. The lowest BCUT2D eigenvalue weighted by atomic mass is 10.4. The number of ether oxygens (including phenoxy) is 1. The molecular weight excluding hydrogens is 200 g/mol. The summed E-state index contributed by atoms with van der Waals surface area (Å²) < 4.78 is 4.88. The van der Waals surface area contributed by atoms with Crippen LogP contribution < -0.4 is 16.6 Å². The predicted molar refractivity (Wildman–Crippen MR) is 62.5 cm³/mol. The molecule has 0 aromatic heterocycles. The van der Waals surface area contributed by atoms with Gasteiger partial charge in [-0.1, -0.05) is 0 Å². The Hall–Kier alpha value is -0.460. The Bertz CT molecular complexity index is 165. The Morgan fingerprint density at radius 2 is 2.36 bits per heavy atom. The Kier molecular flexibility index (Phi) is 8.81. The molecule has 0 aliphatic heterocycles. The van der Waals surface area contributed by atoms with Crippen molar-refractivity contribution in [2.45, 2.75) is 13.0 Å². The van der Waals surface area contributed by atoms with Gasteiger partial charge in [0.1, 0.15) is 0 Å². The third-order valence-electron chi connectivity index (χ3n) is 1.50. The second-order valence-electron chi connectivity index (χ2n) is 2.87. The highest BCUT2D eigenvalue weighted by Crippen LogP contribution is 1.95. The molecule has 0 aliphatic carbocycles. The van der Waals surface area contributed by atoms with E-state index in [1.165, 1.54) is 0 Å². The van der Waals surface area contributed by atoms with Crippen molar-refractivity contribution in [3.05, 3.63) is 0 Å². The van der Waals surface area contributed by atoms with Crippen molar-refractivity contribution < 1.29 is 4.74 Å². The first-order valence-corrected chi connectivity index (χ1v) is 5.89. The fourth-order valence-corrected chi connectivity index (χ4v) is 1.49. The van der Waals surface area contributed by atoms with Crippen molar-refractivity contribution >= 4 is 17.7 Å². The summed E-state index contributed by atoms with van der Waals surface area (Å²) in [4.78, 5) is 4.19. The molecule has 0 bridgehead atoms. The number of hydrazine groups is 1. The van der Waals surface area contributed by atoms with E-state index in [1.807, 2.05) is 0 Å². The van der Waals surface area contributed by atoms with Crippen LogP contribution in [0.1, 0.15) is 6.92 Å². The van der Waals surface area contributed by atoms with Crippen LogP contribution >= 0.6 is 11.8 Å². The van der Waals surface area contributed by atoms with E-state index in [9.17, 15) is 0 Å². The third-order valence-corrected chi connectivity index (χ3v) is 2.34. The van der Waals surface area contributed by atoms with Gasteiger partial charge >= 0.3 is 0 Å². The van der Waals surface area contributed by atoms with Gasteiger partial charge in [-0.3, -0.25) is 5.43 Å². The average Bonchev–Trinajstić information content (AvgIpc) is 2.17. The maximum Gasteiger partial charge on any atom is 0.206 e. The van der Waals surface area contributed by atoms with E-state index in [-0.39, 0.29) is 0 Å². The molecule has 5 nitrogen and oxygen atoms in total. The first-order valence-electron chi connectivity index (χ1n) is 4.50. The standard InChI is InChI=1S/C8H20N4OS/c1-7(6-14-3)11-8(12-9)10-4-5-13-2/h7H,4-6,9H2,1-3H3,(H2,10,11,12). The number of rotatable bonds is 6. The smallest absolute Gasteiger partial charge is 0.206 e. The van der Waals surface area contributed by atoms with Crippen LogP contribution in [0.15, 0.2) is 4.99 Å². The lowest BCUT2D eigenvalue weighted by Gasteiger charge is -2.15. The minimum absolute atomic E-state index is 0.349. The summed E-state index contributed by atoms with van der Waals surface area (Å²) in [6, 6.07) is 0.349. The summed E-state index contributed by atoms with van der Waals surface area (Å²) in [5.74, 6) is 6.94. The maximum atomic E-state index is 5.31. The van der Waals surface area contributed by atoms with Crippen LogP contribution in [-0.2, 0) is 4.74 Å². The van der Waals surface area contributed by atoms with E-state index < -0.39 is 0 Å². The van der Waals surface area contributed by atoms with Gasteiger partial charge < -0.3 is 10.1 Å². The summed E-state index contributed by atoms with van der Waals surface area (Å²) in [5, 5.41) is 3.16. The number of aliphatic imine (C=N–C) groups is 1. The molecule has 0 heterocycles. The molecule has 0 aliphatic rings. The Labute approximate surface area is 89.8 Å². The number of nitrogens with one attached hydrogen (secondary N) is 2. The minimum atomic E-state index is 0.349. The molecule has 6 heteroatoms. The molecule has 0 saturated heterocycles. The topological polar surface area (TPSA) is 71.7 Å². The largest absolute Gasteiger partial charge is 0.383 e. The molecule has 1 atom stereocenters. The van der Waals surface area contributed by atoms with E-state index in [2.05, 4.69) is 28.9 Å². The van der Waals surface area contributed by atoms with Crippen LogP contribution in [0.4, 0.5) is 0 Å². The highest BCUT2D eigenvalue weighted by atomic mass is 32.2. The van der Waals surface area contributed by atoms with Gasteiger partial charge in [-0.15, -0.1) is 0 Å². The van der Waals surface area contributed by atoms with Crippen molar-refractivity contribution in [3.8, 4) is 0 Å². The van der Waals surface area contributed by atoms with E-state index in [4.69, 9.17) is 10.6 Å². The highest BCUT2D eigenvalue weighted by Gasteiger charge is 2.02. The van der Waals surface area contributed by atoms with Crippen molar-refractivity contribution in [2.75, 3.05) is 32.3 Å². The number of hydrogen-bond acceptors (Lipinski definition) is 4. The summed E-state index contributed by atoms with van der Waals surface area (Å²) >= 11 is 1.78. The zero-order valence-corrected chi connectivity index (χ0v) is 9.86. The predicted octanol–water partition coefficient (Wildman–Crippen LogP) is -0.207.